The fourth-order valence-electron chi connectivity index (χ4n) is 8.00. The third kappa shape index (κ3) is 2.19. The van der Waals surface area contributed by atoms with Gasteiger partial charge in [0.1, 0.15) is 5.78 Å². The monoisotopic (exact) mass is 334 g/mol. The van der Waals surface area contributed by atoms with E-state index < -0.39 is 0 Å². The maximum absolute atomic E-state index is 12.2. The lowest BCUT2D eigenvalue weighted by molar-refractivity contribution is -0.156. The maximum Gasteiger partial charge on any atom is 0.133 e. The zero-order chi connectivity index (χ0) is 17.1. The van der Waals surface area contributed by atoms with Gasteiger partial charge in [0.05, 0.1) is 6.10 Å². The zero-order valence-corrected chi connectivity index (χ0v) is 15.3. The summed E-state index contributed by atoms with van der Waals surface area (Å²) in [7, 11) is 0. The van der Waals surface area contributed by atoms with Gasteiger partial charge in [-0.15, -0.1) is 0 Å². The number of aliphatic hydroxyl groups excluding tert-OH is 2. The highest BCUT2D eigenvalue weighted by Gasteiger charge is 2.61. The van der Waals surface area contributed by atoms with Crippen molar-refractivity contribution in [2.24, 2.45) is 40.4 Å². The van der Waals surface area contributed by atoms with Crippen molar-refractivity contribution in [2.45, 2.75) is 77.7 Å². The van der Waals surface area contributed by atoms with Gasteiger partial charge < -0.3 is 10.2 Å². The van der Waals surface area contributed by atoms with Crippen LogP contribution < -0.4 is 0 Å². The highest BCUT2D eigenvalue weighted by molar-refractivity contribution is 5.79. The summed E-state index contributed by atoms with van der Waals surface area (Å²) in [4.78, 5) is 12.2. The molecular weight excluding hydrogens is 300 g/mol. The molecule has 0 aromatic rings. The molecule has 4 aliphatic carbocycles. The van der Waals surface area contributed by atoms with Crippen molar-refractivity contribution in [1.82, 2.24) is 0 Å². The molecule has 0 heterocycles. The molecule has 0 saturated heterocycles. The molecule has 0 aromatic carbocycles. The average Bonchev–Trinajstić information content (AvgIpc) is 2.91. The highest BCUT2D eigenvalue weighted by Crippen LogP contribution is 2.67. The largest absolute Gasteiger partial charge is 0.396 e. The van der Waals surface area contributed by atoms with E-state index in [0.29, 0.717) is 36.1 Å². The lowest BCUT2D eigenvalue weighted by Crippen LogP contribution is -2.56. The number of ketones is 1. The van der Waals surface area contributed by atoms with E-state index in [9.17, 15) is 15.0 Å². The van der Waals surface area contributed by atoms with E-state index in [1.54, 1.807) is 6.92 Å². The molecule has 0 spiro atoms. The Morgan fingerprint density at radius 2 is 1.83 bits per heavy atom. The molecular formula is C21H34O3. The minimum atomic E-state index is -0.159. The summed E-state index contributed by atoms with van der Waals surface area (Å²) >= 11 is 0. The first-order chi connectivity index (χ1) is 11.4. The van der Waals surface area contributed by atoms with Gasteiger partial charge >= 0.3 is 0 Å². The van der Waals surface area contributed by atoms with Crippen molar-refractivity contribution in [3.8, 4) is 0 Å². The third-order valence-corrected chi connectivity index (χ3v) is 9.12. The molecule has 2 N–H and O–H groups in total. The number of hydrogen-bond donors (Lipinski definition) is 2. The van der Waals surface area contributed by atoms with Gasteiger partial charge in [0.25, 0.3) is 0 Å². The van der Waals surface area contributed by atoms with Crippen molar-refractivity contribution in [1.29, 1.82) is 0 Å². The molecule has 4 fully saturated rings. The van der Waals surface area contributed by atoms with E-state index >= 15 is 0 Å². The number of carbonyl (C=O) groups excluding carboxylic acids is 1. The Hall–Kier alpha value is -0.410. The quantitative estimate of drug-likeness (QED) is 0.812. The predicted octanol–water partition coefficient (Wildman–Crippen LogP) is 3.57. The summed E-state index contributed by atoms with van der Waals surface area (Å²) in [6, 6.07) is 0. The molecule has 0 aliphatic heterocycles. The zero-order valence-electron chi connectivity index (χ0n) is 15.3. The first-order valence-corrected chi connectivity index (χ1v) is 10.2. The molecule has 0 aromatic heterocycles. The van der Waals surface area contributed by atoms with Crippen LogP contribution in [0, 0.1) is 40.4 Å². The lowest BCUT2D eigenvalue weighted by Gasteiger charge is -2.61. The van der Waals surface area contributed by atoms with Crippen LogP contribution in [0.1, 0.15) is 71.6 Å². The van der Waals surface area contributed by atoms with Crippen molar-refractivity contribution < 1.29 is 15.0 Å². The molecule has 24 heavy (non-hydrogen) atoms. The van der Waals surface area contributed by atoms with E-state index in [-0.39, 0.29) is 22.9 Å². The maximum atomic E-state index is 12.2. The van der Waals surface area contributed by atoms with Gasteiger partial charge in [-0.1, -0.05) is 6.92 Å². The fraction of sp³-hybridized carbons (Fsp3) is 0.952. The Morgan fingerprint density at radius 1 is 1.04 bits per heavy atom. The van der Waals surface area contributed by atoms with Crippen LogP contribution in [0.2, 0.25) is 0 Å². The van der Waals surface area contributed by atoms with Crippen LogP contribution in [-0.2, 0) is 4.79 Å². The smallest absolute Gasteiger partial charge is 0.133 e. The van der Waals surface area contributed by atoms with Gasteiger partial charge in [-0.25, -0.2) is 0 Å². The van der Waals surface area contributed by atoms with E-state index in [2.05, 4.69) is 6.92 Å². The van der Waals surface area contributed by atoms with Gasteiger partial charge in [-0.3, -0.25) is 4.79 Å². The molecule has 0 amide bonds. The summed E-state index contributed by atoms with van der Waals surface area (Å²) in [5, 5.41) is 20.5. The van der Waals surface area contributed by atoms with E-state index in [0.717, 1.165) is 38.5 Å². The lowest BCUT2D eigenvalue weighted by atomic mass is 9.44. The molecule has 0 radical (unpaired) electrons. The molecule has 4 aliphatic rings. The number of aliphatic hydroxyl groups is 2. The Kier molecular flexibility index (Phi) is 4.12. The van der Waals surface area contributed by atoms with Gasteiger partial charge in [0.2, 0.25) is 0 Å². The number of carbonyl (C=O) groups is 1. The standard InChI is InChI=1S/C21H34O3/c1-13(23)17-5-6-18-16-4-3-14-11-15(24)7-10-21(14,12-22)19(16)8-9-20(17,18)2/h14-19,22,24H,3-12H2,1-2H3/t14?,15-,16?,17?,18?,19?,20?,21?/m1/s1. The minimum absolute atomic E-state index is 0.0534. The third-order valence-electron chi connectivity index (χ3n) is 9.12. The second kappa shape index (κ2) is 5.81. The SMILES string of the molecule is CC(=O)C1CCC2C3CCC4C[C@H](O)CCC4(CO)C3CCC12C. The van der Waals surface area contributed by atoms with Crippen LogP contribution in [0.3, 0.4) is 0 Å². The molecule has 8 atom stereocenters. The summed E-state index contributed by atoms with van der Waals surface area (Å²) < 4.78 is 0. The number of rotatable bonds is 2. The van der Waals surface area contributed by atoms with Crippen LogP contribution in [0.25, 0.3) is 0 Å². The molecule has 136 valence electrons. The first kappa shape index (κ1) is 17.0. The molecule has 0 bridgehead atoms. The van der Waals surface area contributed by atoms with Crippen LogP contribution in [-0.4, -0.2) is 28.7 Å². The number of Topliss-reactive ketones (excluding diaryl/α,β-unsaturated/α-hetero) is 1. The highest BCUT2D eigenvalue weighted by atomic mass is 16.3. The van der Waals surface area contributed by atoms with Crippen LogP contribution >= 0.6 is 0 Å². The van der Waals surface area contributed by atoms with Gasteiger partial charge in [0, 0.05) is 12.5 Å². The van der Waals surface area contributed by atoms with Gasteiger partial charge in [-0.2, -0.15) is 0 Å². The molecule has 7 unspecified atom stereocenters. The predicted molar refractivity (Wildman–Crippen MR) is 93.3 cm³/mol. The summed E-state index contributed by atoms with van der Waals surface area (Å²) in [5.74, 6) is 3.12. The average molecular weight is 335 g/mol. The Labute approximate surface area is 146 Å². The summed E-state index contributed by atoms with van der Waals surface area (Å²) in [5.41, 5.74) is 0.252. The second-order valence-corrected chi connectivity index (χ2v) is 9.76. The Bertz CT molecular complexity index is 517. The molecule has 4 saturated carbocycles. The van der Waals surface area contributed by atoms with Crippen LogP contribution in [0.4, 0.5) is 0 Å². The van der Waals surface area contributed by atoms with Crippen LogP contribution in [0.15, 0.2) is 0 Å². The summed E-state index contributed by atoms with van der Waals surface area (Å²) in [6.45, 7) is 4.47. The minimum Gasteiger partial charge on any atom is -0.396 e. The van der Waals surface area contributed by atoms with Crippen LogP contribution in [0.5, 0.6) is 0 Å². The molecule has 3 heteroatoms. The topological polar surface area (TPSA) is 57.5 Å². The normalized spacial score (nSPS) is 53.8. The summed E-state index contributed by atoms with van der Waals surface area (Å²) in [6.07, 6.45) is 9.61. The van der Waals surface area contributed by atoms with Crippen molar-refractivity contribution in [3.05, 3.63) is 0 Å². The molecule has 4 rings (SSSR count). The molecule has 3 nitrogen and oxygen atoms in total. The number of fused-ring (bicyclic) bond motifs is 5. The van der Waals surface area contributed by atoms with E-state index in [4.69, 9.17) is 0 Å². The Morgan fingerprint density at radius 3 is 2.54 bits per heavy atom. The number of hydrogen-bond acceptors (Lipinski definition) is 3. The van der Waals surface area contributed by atoms with Crippen molar-refractivity contribution >= 4 is 5.78 Å². The van der Waals surface area contributed by atoms with Crippen molar-refractivity contribution in [2.75, 3.05) is 6.61 Å². The fourth-order valence-corrected chi connectivity index (χ4v) is 8.00. The van der Waals surface area contributed by atoms with Gasteiger partial charge in [-0.05, 0) is 99.2 Å². The Balaban J connectivity index is 1.64. The first-order valence-electron chi connectivity index (χ1n) is 10.2. The second-order valence-electron chi connectivity index (χ2n) is 9.76. The van der Waals surface area contributed by atoms with Crippen molar-refractivity contribution in [3.63, 3.8) is 0 Å². The van der Waals surface area contributed by atoms with E-state index in [1.165, 1.54) is 19.3 Å². The van der Waals surface area contributed by atoms with Gasteiger partial charge in [0.15, 0.2) is 0 Å². The van der Waals surface area contributed by atoms with E-state index in [1.807, 2.05) is 0 Å².